The first-order chi connectivity index (χ1) is 4.57. The van der Waals surface area contributed by atoms with E-state index in [0.29, 0.717) is 0 Å². The average Bonchev–Trinajstić information content (AvgIpc) is 1.85. The van der Waals surface area contributed by atoms with Gasteiger partial charge in [-0.1, -0.05) is 6.58 Å². The van der Waals surface area contributed by atoms with E-state index < -0.39 is 18.8 Å². The molecule has 0 saturated carbocycles. The molecule has 0 radical (unpaired) electrons. The number of esters is 1. The van der Waals surface area contributed by atoms with Crippen molar-refractivity contribution < 1.29 is 18.3 Å². The minimum atomic E-state index is -2.54. The van der Waals surface area contributed by atoms with Crippen molar-refractivity contribution in [1.29, 1.82) is 0 Å². The highest BCUT2D eigenvalue weighted by atomic mass is 19.3. The molecule has 0 aliphatic carbocycles. The van der Waals surface area contributed by atoms with Gasteiger partial charge in [-0.2, -0.15) is 0 Å². The lowest BCUT2D eigenvalue weighted by atomic mass is 10.2. The summed E-state index contributed by atoms with van der Waals surface area (Å²) in [5, 5.41) is 0. The summed E-state index contributed by atoms with van der Waals surface area (Å²) in [5.41, 5.74) is -0.197. The molecule has 0 aromatic carbocycles. The predicted molar refractivity (Wildman–Crippen MR) is 31.8 cm³/mol. The molecule has 0 amide bonds. The molecule has 0 spiro atoms. The maximum atomic E-state index is 11.5. The van der Waals surface area contributed by atoms with Crippen molar-refractivity contribution in [1.82, 2.24) is 0 Å². The van der Waals surface area contributed by atoms with Crippen LogP contribution in [0.2, 0.25) is 0 Å². The van der Waals surface area contributed by atoms with Crippen LogP contribution in [0.1, 0.15) is 6.42 Å². The van der Waals surface area contributed by atoms with E-state index >= 15 is 0 Å². The van der Waals surface area contributed by atoms with Crippen LogP contribution in [0.15, 0.2) is 12.2 Å². The van der Waals surface area contributed by atoms with Gasteiger partial charge < -0.3 is 4.74 Å². The SMILES string of the molecule is C=C(CC(F)F)C(=O)OC. The van der Waals surface area contributed by atoms with E-state index in [1.807, 2.05) is 0 Å². The Balaban J connectivity index is 3.74. The summed E-state index contributed by atoms with van der Waals surface area (Å²) in [5.74, 6) is -0.778. The van der Waals surface area contributed by atoms with E-state index in [9.17, 15) is 13.6 Å². The van der Waals surface area contributed by atoms with Crippen LogP contribution in [0.25, 0.3) is 0 Å². The summed E-state index contributed by atoms with van der Waals surface area (Å²) < 4.78 is 27.2. The third kappa shape index (κ3) is 3.17. The van der Waals surface area contributed by atoms with Crippen LogP contribution in [0.5, 0.6) is 0 Å². The molecule has 0 N–H and O–H groups in total. The highest BCUT2D eigenvalue weighted by molar-refractivity contribution is 5.87. The summed E-state index contributed by atoms with van der Waals surface area (Å²) in [7, 11) is 1.12. The third-order valence-electron chi connectivity index (χ3n) is 0.875. The van der Waals surface area contributed by atoms with E-state index in [4.69, 9.17) is 0 Å². The second-order valence-corrected chi connectivity index (χ2v) is 1.69. The van der Waals surface area contributed by atoms with E-state index in [0.717, 1.165) is 7.11 Å². The number of alkyl halides is 2. The van der Waals surface area contributed by atoms with Gasteiger partial charge in [-0.25, -0.2) is 13.6 Å². The standard InChI is InChI=1S/C6H8F2O2/c1-4(3-5(7)8)6(9)10-2/h5H,1,3H2,2H3. The Bertz CT molecular complexity index is 143. The maximum Gasteiger partial charge on any atom is 0.333 e. The number of hydrogen-bond donors (Lipinski definition) is 0. The number of carbonyl (C=O) groups is 1. The van der Waals surface area contributed by atoms with Gasteiger partial charge in [0.25, 0.3) is 0 Å². The summed E-state index contributed by atoms with van der Waals surface area (Å²) in [6.45, 7) is 3.11. The Hall–Kier alpha value is -0.930. The van der Waals surface area contributed by atoms with Crippen molar-refractivity contribution in [3.63, 3.8) is 0 Å². The Morgan fingerprint density at radius 2 is 2.20 bits per heavy atom. The van der Waals surface area contributed by atoms with Crippen molar-refractivity contribution in [2.75, 3.05) is 7.11 Å². The topological polar surface area (TPSA) is 26.3 Å². The second kappa shape index (κ2) is 3.98. The zero-order chi connectivity index (χ0) is 8.15. The molecule has 0 heterocycles. The minimum absolute atomic E-state index is 0.197. The molecule has 0 aromatic heterocycles. The largest absolute Gasteiger partial charge is 0.466 e. The predicted octanol–water partition coefficient (Wildman–Crippen LogP) is 1.37. The Morgan fingerprint density at radius 3 is 2.50 bits per heavy atom. The molecule has 0 fully saturated rings. The fourth-order valence-electron chi connectivity index (χ4n) is 0.414. The monoisotopic (exact) mass is 150 g/mol. The van der Waals surface area contributed by atoms with Crippen LogP contribution in [0.3, 0.4) is 0 Å². The lowest BCUT2D eigenvalue weighted by Gasteiger charge is -2.00. The molecular weight excluding hydrogens is 142 g/mol. The molecule has 0 rings (SSSR count). The fraction of sp³-hybridized carbons (Fsp3) is 0.500. The lowest BCUT2D eigenvalue weighted by Crippen LogP contribution is -2.06. The molecule has 0 aliphatic heterocycles. The summed E-state index contributed by atoms with van der Waals surface area (Å²) in [6, 6.07) is 0. The Labute approximate surface area is 57.5 Å². The molecular formula is C6H8F2O2. The molecule has 0 aromatic rings. The zero-order valence-electron chi connectivity index (χ0n) is 5.56. The number of methoxy groups -OCH3 is 1. The molecule has 0 atom stereocenters. The number of rotatable bonds is 3. The van der Waals surface area contributed by atoms with Crippen LogP contribution < -0.4 is 0 Å². The molecule has 2 nitrogen and oxygen atoms in total. The van der Waals surface area contributed by atoms with Gasteiger partial charge in [0.2, 0.25) is 6.43 Å². The molecule has 58 valence electrons. The second-order valence-electron chi connectivity index (χ2n) is 1.69. The molecule has 10 heavy (non-hydrogen) atoms. The third-order valence-corrected chi connectivity index (χ3v) is 0.875. The van der Waals surface area contributed by atoms with Gasteiger partial charge in [0.05, 0.1) is 7.11 Å². The van der Waals surface area contributed by atoms with Crippen molar-refractivity contribution >= 4 is 5.97 Å². The molecule has 4 heteroatoms. The van der Waals surface area contributed by atoms with Crippen LogP contribution in [-0.4, -0.2) is 19.5 Å². The van der Waals surface area contributed by atoms with Crippen LogP contribution in [0.4, 0.5) is 8.78 Å². The number of hydrogen-bond acceptors (Lipinski definition) is 2. The first-order valence-corrected chi connectivity index (χ1v) is 2.62. The number of halogens is 2. The normalized spacial score (nSPS) is 9.60. The Kier molecular flexibility index (Phi) is 3.61. The van der Waals surface area contributed by atoms with Gasteiger partial charge in [0.15, 0.2) is 0 Å². The molecule has 0 unspecified atom stereocenters. The smallest absolute Gasteiger partial charge is 0.333 e. The number of ether oxygens (including phenoxy) is 1. The van der Waals surface area contributed by atoms with Crippen molar-refractivity contribution in [3.8, 4) is 0 Å². The highest BCUT2D eigenvalue weighted by Gasteiger charge is 2.12. The fourth-order valence-corrected chi connectivity index (χ4v) is 0.414. The molecule has 0 saturated heterocycles. The van der Waals surface area contributed by atoms with Gasteiger partial charge >= 0.3 is 5.97 Å². The van der Waals surface area contributed by atoms with Crippen LogP contribution in [-0.2, 0) is 9.53 Å². The van der Waals surface area contributed by atoms with E-state index in [-0.39, 0.29) is 5.57 Å². The lowest BCUT2D eigenvalue weighted by molar-refractivity contribution is -0.136. The van der Waals surface area contributed by atoms with E-state index in [1.165, 1.54) is 0 Å². The van der Waals surface area contributed by atoms with Gasteiger partial charge in [0, 0.05) is 12.0 Å². The van der Waals surface area contributed by atoms with Crippen molar-refractivity contribution in [2.24, 2.45) is 0 Å². The van der Waals surface area contributed by atoms with Gasteiger partial charge in [0.1, 0.15) is 0 Å². The average molecular weight is 150 g/mol. The molecule has 0 aliphatic rings. The van der Waals surface area contributed by atoms with E-state index in [1.54, 1.807) is 0 Å². The number of carbonyl (C=O) groups excluding carboxylic acids is 1. The van der Waals surface area contributed by atoms with Crippen molar-refractivity contribution in [2.45, 2.75) is 12.8 Å². The quantitative estimate of drug-likeness (QED) is 0.448. The minimum Gasteiger partial charge on any atom is -0.466 e. The summed E-state index contributed by atoms with van der Waals surface area (Å²) >= 11 is 0. The van der Waals surface area contributed by atoms with Crippen LogP contribution >= 0.6 is 0 Å². The maximum absolute atomic E-state index is 11.5. The van der Waals surface area contributed by atoms with Crippen molar-refractivity contribution in [3.05, 3.63) is 12.2 Å². The first-order valence-electron chi connectivity index (χ1n) is 2.62. The first kappa shape index (κ1) is 9.07. The van der Waals surface area contributed by atoms with Crippen LogP contribution in [0, 0.1) is 0 Å². The highest BCUT2D eigenvalue weighted by Crippen LogP contribution is 2.08. The van der Waals surface area contributed by atoms with Gasteiger partial charge in [-0.3, -0.25) is 0 Å². The van der Waals surface area contributed by atoms with Gasteiger partial charge in [-0.15, -0.1) is 0 Å². The van der Waals surface area contributed by atoms with Gasteiger partial charge in [-0.05, 0) is 0 Å². The Morgan fingerprint density at radius 1 is 1.70 bits per heavy atom. The summed E-state index contributed by atoms with van der Waals surface area (Å²) in [6.07, 6.45) is -3.15. The zero-order valence-corrected chi connectivity index (χ0v) is 5.56. The molecule has 0 bridgehead atoms. The van der Waals surface area contributed by atoms with E-state index in [2.05, 4.69) is 11.3 Å². The summed E-state index contributed by atoms with van der Waals surface area (Å²) in [4.78, 5) is 10.4.